The molecule has 21 heavy (non-hydrogen) atoms. The predicted molar refractivity (Wildman–Crippen MR) is 81.5 cm³/mol. The molecule has 0 aromatic heterocycles. The van der Waals surface area contributed by atoms with Crippen LogP contribution in [0.5, 0.6) is 0 Å². The molecule has 2 amide bonds. The first-order valence-electron chi connectivity index (χ1n) is 6.17. The van der Waals surface area contributed by atoms with Crippen molar-refractivity contribution in [3.63, 3.8) is 0 Å². The van der Waals surface area contributed by atoms with Crippen LogP contribution >= 0.6 is 23.2 Å². The average molecular weight is 335 g/mol. The normalized spacial score (nSPS) is 11.8. The van der Waals surface area contributed by atoms with Gasteiger partial charge in [-0.25, -0.2) is 9.59 Å². The third-order valence-electron chi connectivity index (χ3n) is 2.72. The molecule has 0 saturated heterocycles. The van der Waals surface area contributed by atoms with Crippen LogP contribution in [-0.2, 0) is 4.74 Å². The molecule has 1 aromatic rings. The molecule has 0 aliphatic rings. The van der Waals surface area contributed by atoms with E-state index in [9.17, 15) is 9.59 Å². The minimum Gasteiger partial charge on any atom is -0.478 e. The molecule has 116 valence electrons. The van der Waals surface area contributed by atoms with Gasteiger partial charge in [0.25, 0.3) is 0 Å². The molecule has 0 saturated carbocycles. The first-order chi connectivity index (χ1) is 9.88. The Balaban J connectivity index is 2.83. The monoisotopic (exact) mass is 334 g/mol. The van der Waals surface area contributed by atoms with Crippen molar-refractivity contribution in [1.29, 1.82) is 0 Å². The summed E-state index contributed by atoms with van der Waals surface area (Å²) in [5, 5.41) is 14.2. The van der Waals surface area contributed by atoms with E-state index in [1.54, 1.807) is 7.11 Å². The van der Waals surface area contributed by atoms with E-state index in [4.69, 9.17) is 33.0 Å². The fourth-order valence-corrected chi connectivity index (χ4v) is 2.20. The number of methoxy groups -OCH3 is 1. The first kappa shape index (κ1) is 17.6. The highest BCUT2D eigenvalue weighted by Gasteiger charge is 2.16. The Morgan fingerprint density at radius 1 is 1.33 bits per heavy atom. The van der Waals surface area contributed by atoms with Gasteiger partial charge in [-0.3, -0.25) is 0 Å². The van der Waals surface area contributed by atoms with Crippen molar-refractivity contribution in [3.8, 4) is 0 Å². The van der Waals surface area contributed by atoms with Gasteiger partial charge < -0.3 is 20.5 Å². The summed E-state index contributed by atoms with van der Waals surface area (Å²) >= 11 is 11.9. The smallest absolute Gasteiger partial charge is 0.335 e. The molecule has 0 aliphatic heterocycles. The largest absolute Gasteiger partial charge is 0.478 e. The van der Waals surface area contributed by atoms with Crippen LogP contribution in [0.4, 0.5) is 10.5 Å². The van der Waals surface area contributed by atoms with Crippen LogP contribution in [0.2, 0.25) is 10.0 Å². The summed E-state index contributed by atoms with van der Waals surface area (Å²) in [5.74, 6) is -1.15. The number of rotatable bonds is 6. The van der Waals surface area contributed by atoms with E-state index in [1.807, 2.05) is 6.92 Å². The molecule has 0 spiro atoms. The van der Waals surface area contributed by atoms with Gasteiger partial charge in [-0.2, -0.15) is 0 Å². The van der Waals surface area contributed by atoms with Crippen LogP contribution in [0.15, 0.2) is 12.1 Å². The molecule has 0 heterocycles. The maximum absolute atomic E-state index is 11.9. The van der Waals surface area contributed by atoms with Crippen molar-refractivity contribution in [2.24, 2.45) is 0 Å². The van der Waals surface area contributed by atoms with E-state index in [-0.39, 0.29) is 27.3 Å². The number of halogens is 2. The summed E-state index contributed by atoms with van der Waals surface area (Å²) in [6.07, 6.45) is 0.695. The van der Waals surface area contributed by atoms with Gasteiger partial charge >= 0.3 is 12.0 Å². The molecule has 1 unspecified atom stereocenters. The molecule has 0 aliphatic carbocycles. The summed E-state index contributed by atoms with van der Waals surface area (Å²) < 4.78 is 4.98. The fraction of sp³-hybridized carbons (Fsp3) is 0.385. The lowest BCUT2D eigenvalue weighted by atomic mass is 10.2. The number of anilines is 1. The molecular weight excluding hydrogens is 319 g/mol. The van der Waals surface area contributed by atoms with E-state index < -0.39 is 12.0 Å². The minimum absolute atomic E-state index is 0.0508. The molecule has 1 rings (SSSR count). The lowest BCUT2D eigenvalue weighted by Crippen LogP contribution is -2.40. The summed E-state index contributed by atoms with van der Waals surface area (Å²) in [7, 11) is 1.54. The number of benzene rings is 1. The lowest BCUT2D eigenvalue weighted by molar-refractivity contribution is 0.0697. The van der Waals surface area contributed by atoms with Crippen LogP contribution < -0.4 is 10.6 Å². The van der Waals surface area contributed by atoms with Crippen LogP contribution in [0.3, 0.4) is 0 Å². The standard InChI is InChI=1S/C13H16Cl2N2O4/c1-3-8(6-21-2)16-13(20)17-11-9(14)4-7(12(18)19)5-10(11)15/h4-5,8H,3,6H2,1-2H3,(H,18,19)(H2,16,17,20). The summed E-state index contributed by atoms with van der Waals surface area (Å²) in [6.45, 7) is 2.29. The van der Waals surface area contributed by atoms with E-state index >= 15 is 0 Å². The zero-order valence-corrected chi connectivity index (χ0v) is 13.1. The Bertz CT molecular complexity index is 514. The Labute approximate surface area is 132 Å². The Hall–Kier alpha value is -1.50. The maximum atomic E-state index is 11.9. The second-order valence-electron chi connectivity index (χ2n) is 4.28. The molecule has 0 fully saturated rings. The van der Waals surface area contributed by atoms with Gasteiger partial charge in [-0.15, -0.1) is 0 Å². The Morgan fingerprint density at radius 3 is 2.33 bits per heavy atom. The number of carboxylic acid groups (broad SMARTS) is 1. The number of carbonyl (C=O) groups excluding carboxylic acids is 1. The Kier molecular flexibility index (Phi) is 6.74. The van der Waals surface area contributed by atoms with Gasteiger partial charge in [-0.1, -0.05) is 30.1 Å². The van der Waals surface area contributed by atoms with Crippen LogP contribution in [0.1, 0.15) is 23.7 Å². The van der Waals surface area contributed by atoms with Crippen molar-refractivity contribution in [2.45, 2.75) is 19.4 Å². The number of nitrogens with one attached hydrogen (secondary N) is 2. The SMILES string of the molecule is CCC(COC)NC(=O)Nc1c(Cl)cc(C(=O)O)cc1Cl. The Morgan fingerprint density at radius 2 is 1.90 bits per heavy atom. The van der Waals surface area contributed by atoms with Gasteiger partial charge in [0.2, 0.25) is 0 Å². The van der Waals surface area contributed by atoms with Gasteiger partial charge in [0.15, 0.2) is 0 Å². The van der Waals surface area contributed by atoms with Gasteiger partial charge in [0.05, 0.1) is 33.9 Å². The predicted octanol–water partition coefficient (Wildman–Crippen LogP) is 3.24. The number of urea groups is 1. The van der Waals surface area contributed by atoms with Gasteiger partial charge in [-0.05, 0) is 18.6 Å². The third kappa shape index (κ3) is 5.08. The molecule has 0 bridgehead atoms. The summed E-state index contributed by atoms with van der Waals surface area (Å²) in [5.41, 5.74) is 0.106. The van der Waals surface area contributed by atoms with Crippen molar-refractivity contribution in [2.75, 3.05) is 19.0 Å². The lowest BCUT2D eigenvalue weighted by Gasteiger charge is -2.17. The van der Waals surface area contributed by atoms with E-state index in [2.05, 4.69) is 10.6 Å². The van der Waals surface area contributed by atoms with Crippen molar-refractivity contribution < 1.29 is 19.4 Å². The molecule has 1 atom stereocenters. The number of carbonyl (C=O) groups is 2. The molecule has 0 radical (unpaired) electrons. The number of aromatic carboxylic acids is 1. The van der Waals surface area contributed by atoms with Crippen LogP contribution in [-0.4, -0.2) is 36.9 Å². The average Bonchev–Trinajstić information content (AvgIpc) is 2.41. The van der Waals surface area contributed by atoms with Crippen LogP contribution in [0, 0.1) is 0 Å². The zero-order valence-electron chi connectivity index (χ0n) is 11.6. The van der Waals surface area contributed by atoms with Crippen molar-refractivity contribution in [1.82, 2.24) is 5.32 Å². The quantitative estimate of drug-likeness (QED) is 0.745. The maximum Gasteiger partial charge on any atom is 0.335 e. The molecule has 8 heteroatoms. The fourth-order valence-electron chi connectivity index (χ4n) is 1.61. The molecule has 3 N–H and O–H groups in total. The van der Waals surface area contributed by atoms with Gasteiger partial charge in [0.1, 0.15) is 0 Å². The first-order valence-corrected chi connectivity index (χ1v) is 6.93. The van der Waals surface area contributed by atoms with Gasteiger partial charge in [0, 0.05) is 7.11 Å². The number of hydrogen-bond acceptors (Lipinski definition) is 3. The minimum atomic E-state index is -1.15. The molecule has 1 aromatic carbocycles. The summed E-state index contributed by atoms with van der Waals surface area (Å²) in [4.78, 5) is 22.7. The van der Waals surface area contributed by atoms with E-state index in [0.717, 1.165) is 0 Å². The zero-order chi connectivity index (χ0) is 16.0. The van der Waals surface area contributed by atoms with E-state index in [1.165, 1.54) is 12.1 Å². The molecular formula is C13H16Cl2N2O4. The van der Waals surface area contributed by atoms with Crippen LogP contribution in [0.25, 0.3) is 0 Å². The second kappa shape index (κ2) is 8.07. The van der Waals surface area contributed by atoms with Crippen molar-refractivity contribution in [3.05, 3.63) is 27.7 Å². The number of hydrogen-bond donors (Lipinski definition) is 3. The third-order valence-corrected chi connectivity index (χ3v) is 3.32. The number of ether oxygens (including phenoxy) is 1. The van der Waals surface area contributed by atoms with E-state index in [0.29, 0.717) is 13.0 Å². The number of carboxylic acids is 1. The second-order valence-corrected chi connectivity index (χ2v) is 5.09. The topological polar surface area (TPSA) is 87.7 Å². The van der Waals surface area contributed by atoms with Crippen molar-refractivity contribution >= 4 is 40.9 Å². The summed E-state index contributed by atoms with van der Waals surface area (Å²) in [6, 6.07) is 1.80. The highest BCUT2D eigenvalue weighted by atomic mass is 35.5. The highest BCUT2D eigenvalue weighted by Crippen LogP contribution is 2.31. The molecule has 6 nitrogen and oxygen atoms in total. The number of amides is 2. The highest BCUT2D eigenvalue weighted by molar-refractivity contribution is 6.40.